The SMILES string of the molecule is CC(C)(C)c1cc(-c2cccc(-c3cccc(-c4c5c6c(cccc6c6ccccc46)-c4ccccc4O5)c3)c2)cc(C(C)(C)C)c1. The Hall–Kier alpha value is -5.14. The topological polar surface area (TPSA) is 9.23 Å². The number of rotatable bonds is 3. The van der Waals surface area contributed by atoms with Gasteiger partial charge in [0.25, 0.3) is 0 Å². The van der Waals surface area contributed by atoms with E-state index in [0.29, 0.717) is 0 Å². The molecule has 0 N–H and O–H groups in total. The van der Waals surface area contributed by atoms with Gasteiger partial charge in [-0.3, -0.25) is 0 Å². The zero-order chi connectivity index (χ0) is 32.5. The summed E-state index contributed by atoms with van der Waals surface area (Å²) < 4.78 is 6.84. The summed E-state index contributed by atoms with van der Waals surface area (Å²) in [7, 11) is 0. The molecule has 7 aromatic carbocycles. The summed E-state index contributed by atoms with van der Waals surface area (Å²) in [5.74, 6) is 1.84. The third kappa shape index (κ3) is 5.02. The van der Waals surface area contributed by atoms with E-state index in [9.17, 15) is 0 Å². The highest BCUT2D eigenvalue weighted by Gasteiger charge is 2.26. The standard InChI is InChI=1S/C46H40O/c1-45(2,3)34-26-33(27-35(28-34)46(4,5)6)31-16-11-14-29(24-31)30-15-12-17-32(25-30)42-38-20-8-7-18-36(38)39-21-13-22-40-37-19-9-10-23-41(37)47-44(42)43(39)40/h7-28H,1-6H3. The minimum Gasteiger partial charge on any atom is -0.455 e. The van der Waals surface area contributed by atoms with E-state index in [1.165, 1.54) is 60.5 Å². The number of benzene rings is 7. The molecule has 0 aliphatic carbocycles. The molecule has 1 nitrogen and oxygen atoms in total. The van der Waals surface area contributed by atoms with E-state index in [1.54, 1.807) is 0 Å². The molecule has 0 atom stereocenters. The van der Waals surface area contributed by atoms with Crippen molar-refractivity contribution in [3.63, 3.8) is 0 Å². The van der Waals surface area contributed by atoms with Crippen LogP contribution in [0.25, 0.3) is 66.1 Å². The van der Waals surface area contributed by atoms with Gasteiger partial charge in [0.15, 0.2) is 0 Å². The Labute approximate surface area is 278 Å². The summed E-state index contributed by atoms with van der Waals surface area (Å²) in [5, 5.41) is 4.85. The molecular formula is C46H40O. The van der Waals surface area contributed by atoms with E-state index < -0.39 is 0 Å². The number of hydrogen-bond donors (Lipinski definition) is 0. The molecule has 0 saturated carbocycles. The van der Waals surface area contributed by atoms with E-state index in [1.807, 2.05) is 0 Å². The lowest BCUT2D eigenvalue weighted by molar-refractivity contribution is 0.489. The van der Waals surface area contributed by atoms with Gasteiger partial charge in [-0.25, -0.2) is 0 Å². The first-order chi connectivity index (χ1) is 22.6. The Balaban J connectivity index is 1.31. The summed E-state index contributed by atoms with van der Waals surface area (Å²) in [6.45, 7) is 13.8. The monoisotopic (exact) mass is 608 g/mol. The predicted molar refractivity (Wildman–Crippen MR) is 201 cm³/mol. The first-order valence-electron chi connectivity index (χ1n) is 16.7. The Kier molecular flexibility index (Phi) is 6.67. The molecule has 230 valence electrons. The molecule has 0 bridgehead atoms. The fourth-order valence-corrected chi connectivity index (χ4v) is 7.10. The molecule has 1 aliphatic heterocycles. The van der Waals surface area contributed by atoms with Crippen LogP contribution < -0.4 is 4.74 Å². The van der Waals surface area contributed by atoms with Crippen LogP contribution in [0.3, 0.4) is 0 Å². The van der Waals surface area contributed by atoms with Gasteiger partial charge in [0, 0.05) is 16.5 Å². The largest absolute Gasteiger partial charge is 0.455 e. The summed E-state index contributed by atoms with van der Waals surface area (Å²) in [5.41, 5.74) is 12.4. The normalized spacial score (nSPS) is 12.6. The van der Waals surface area contributed by atoms with Gasteiger partial charge in [-0.2, -0.15) is 0 Å². The molecule has 1 aliphatic rings. The Morgan fingerprint density at radius 1 is 0.404 bits per heavy atom. The quantitative estimate of drug-likeness (QED) is 0.181. The molecule has 0 amide bonds. The summed E-state index contributed by atoms with van der Waals surface area (Å²) in [6, 6.07) is 48.9. The van der Waals surface area contributed by atoms with Crippen LogP contribution in [-0.4, -0.2) is 0 Å². The lowest BCUT2D eigenvalue weighted by Crippen LogP contribution is -2.16. The average Bonchev–Trinajstić information content (AvgIpc) is 3.08. The van der Waals surface area contributed by atoms with Crippen LogP contribution in [0.4, 0.5) is 0 Å². The highest BCUT2D eigenvalue weighted by Crippen LogP contribution is 2.53. The van der Waals surface area contributed by atoms with E-state index in [0.717, 1.165) is 28.2 Å². The van der Waals surface area contributed by atoms with Crippen LogP contribution in [0.5, 0.6) is 11.5 Å². The molecule has 8 rings (SSSR count). The van der Waals surface area contributed by atoms with Gasteiger partial charge in [0.1, 0.15) is 11.5 Å². The fourth-order valence-electron chi connectivity index (χ4n) is 7.10. The third-order valence-electron chi connectivity index (χ3n) is 9.74. The Morgan fingerprint density at radius 3 is 1.60 bits per heavy atom. The van der Waals surface area contributed by atoms with E-state index >= 15 is 0 Å². The molecule has 7 aromatic rings. The maximum Gasteiger partial charge on any atom is 0.144 e. The van der Waals surface area contributed by atoms with E-state index in [-0.39, 0.29) is 10.8 Å². The van der Waals surface area contributed by atoms with Crippen molar-refractivity contribution in [3.8, 4) is 56.0 Å². The van der Waals surface area contributed by atoms with Crippen molar-refractivity contribution >= 4 is 21.5 Å². The van der Waals surface area contributed by atoms with Gasteiger partial charge in [0.2, 0.25) is 0 Å². The zero-order valence-electron chi connectivity index (χ0n) is 28.1. The molecular weight excluding hydrogens is 569 g/mol. The highest BCUT2D eigenvalue weighted by atomic mass is 16.5. The maximum atomic E-state index is 6.84. The molecule has 0 unspecified atom stereocenters. The molecule has 0 spiro atoms. The van der Waals surface area contributed by atoms with E-state index in [2.05, 4.69) is 175 Å². The second-order valence-corrected chi connectivity index (χ2v) is 15.0. The smallest absolute Gasteiger partial charge is 0.144 e. The minimum absolute atomic E-state index is 0.0628. The molecule has 47 heavy (non-hydrogen) atoms. The van der Waals surface area contributed by atoms with Gasteiger partial charge >= 0.3 is 0 Å². The van der Waals surface area contributed by atoms with Crippen LogP contribution in [0.15, 0.2) is 133 Å². The number of para-hydroxylation sites is 1. The summed E-state index contributed by atoms with van der Waals surface area (Å²) >= 11 is 0. The van der Waals surface area contributed by atoms with Gasteiger partial charge in [-0.1, -0.05) is 157 Å². The van der Waals surface area contributed by atoms with Crippen molar-refractivity contribution < 1.29 is 4.74 Å². The third-order valence-corrected chi connectivity index (χ3v) is 9.74. The van der Waals surface area contributed by atoms with Crippen LogP contribution in [0, 0.1) is 0 Å². The molecule has 0 radical (unpaired) electrons. The maximum absolute atomic E-state index is 6.84. The first-order valence-corrected chi connectivity index (χ1v) is 16.7. The fraction of sp³-hybridized carbons (Fsp3) is 0.174. The van der Waals surface area contributed by atoms with Gasteiger partial charge in [-0.05, 0) is 89.7 Å². The zero-order valence-corrected chi connectivity index (χ0v) is 28.1. The van der Waals surface area contributed by atoms with Crippen LogP contribution in [0.1, 0.15) is 52.7 Å². The average molecular weight is 609 g/mol. The first kappa shape index (κ1) is 29.3. The number of ether oxygens (including phenoxy) is 1. The van der Waals surface area contributed by atoms with Crippen LogP contribution in [0.2, 0.25) is 0 Å². The van der Waals surface area contributed by atoms with Crippen molar-refractivity contribution in [1.82, 2.24) is 0 Å². The van der Waals surface area contributed by atoms with Crippen LogP contribution in [-0.2, 0) is 10.8 Å². The molecule has 1 heteroatoms. The van der Waals surface area contributed by atoms with Crippen molar-refractivity contribution in [2.45, 2.75) is 52.4 Å². The summed E-state index contributed by atoms with van der Waals surface area (Å²) in [4.78, 5) is 0. The van der Waals surface area contributed by atoms with Gasteiger partial charge < -0.3 is 4.74 Å². The number of hydrogen-bond acceptors (Lipinski definition) is 1. The number of fused-ring (bicyclic) bond motifs is 4. The Bertz CT molecular complexity index is 2310. The van der Waals surface area contributed by atoms with Crippen molar-refractivity contribution in [2.24, 2.45) is 0 Å². The van der Waals surface area contributed by atoms with Crippen LogP contribution >= 0.6 is 0 Å². The van der Waals surface area contributed by atoms with Crippen molar-refractivity contribution in [2.75, 3.05) is 0 Å². The van der Waals surface area contributed by atoms with Crippen molar-refractivity contribution in [3.05, 3.63) is 145 Å². The minimum atomic E-state index is 0.0628. The second kappa shape index (κ2) is 10.7. The second-order valence-electron chi connectivity index (χ2n) is 15.0. The van der Waals surface area contributed by atoms with Crippen molar-refractivity contribution in [1.29, 1.82) is 0 Å². The van der Waals surface area contributed by atoms with Gasteiger partial charge in [-0.15, -0.1) is 0 Å². The predicted octanol–water partition coefficient (Wildman–Crippen LogP) is 13.4. The molecule has 0 aromatic heterocycles. The molecule has 0 fully saturated rings. The highest BCUT2D eigenvalue weighted by molar-refractivity contribution is 6.22. The molecule has 1 heterocycles. The lowest BCUT2D eigenvalue weighted by Gasteiger charge is -2.26. The molecule has 0 saturated heterocycles. The lowest BCUT2D eigenvalue weighted by atomic mass is 9.79. The Morgan fingerprint density at radius 2 is 0.915 bits per heavy atom. The van der Waals surface area contributed by atoms with Gasteiger partial charge in [0.05, 0.1) is 0 Å². The van der Waals surface area contributed by atoms with E-state index in [4.69, 9.17) is 4.74 Å². The summed E-state index contributed by atoms with van der Waals surface area (Å²) in [6.07, 6.45) is 0.